The van der Waals surface area contributed by atoms with Gasteiger partial charge in [0.2, 0.25) is 0 Å². The number of rotatable bonds is 1. The minimum atomic E-state index is -0.0796. The Hall–Kier alpha value is 0.140. The highest BCUT2D eigenvalue weighted by atomic mass is 79.9. The Morgan fingerprint density at radius 3 is 2.83 bits per heavy atom. The van der Waals surface area contributed by atoms with Crippen molar-refractivity contribution in [1.29, 1.82) is 0 Å². The predicted octanol–water partition coefficient (Wildman–Crippen LogP) is 2.99. The quantitative estimate of drug-likeness (QED) is 0.808. The smallest absolute Gasteiger partial charge is 0.0578 e. The molecule has 0 bridgehead atoms. The van der Waals surface area contributed by atoms with Gasteiger partial charge >= 0.3 is 0 Å². The molecule has 0 aromatic carbocycles. The molecule has 2 rings (SSSR count). The molecular formula is C9H11BrOS. The minimum absolute atomic E-state index is 0.0796. The third-order valence-electron chi connectivity index (χ3n) is 2.72. The van der Waals surface area contributed by atoms with E-state index in [9.17, 15) is 5.11 Å². The van der Waals surface area contributed by atoms with E-state index < -0.39 is 0 Å². The van der Waals surface area contributed by atoms with Gasteiger partial charge in [0.15, 0.2) is 0 Å². The zero-order chi connectivity index (χ0) is 8.72. The molecule has 3 unspecified atom stereocenters. The minimum Gasteiger partial charge on any atom is -0.393 e. The maximum atomic E-state index is 9.37. The third kappa shape index (κ3) is 1.24. The van der Waals surface area contributed by atoms with Gasteiger partial charge in [-0.15, -0.1) is 11.3 Å². The summed E-state index contributed by atoms with van der Waals surface area (Å²) in [6.07, 6.45) is 0.851. The summed E-state index contributed by atoms with van der Waals surface area (Å²) in [5, 5.41) is 11.5. The van der Waals surface area contributed by atoms with Crippen LogP contribution in [0.4, 0.5) is 0 Å². The molecule has 3 atom stereocenters. The summed E-state index contributed by atoms with van der Waals surface area (Å²) >= 11 is 5.30. The Balaban J connectivity index is 2.18. The molecule has 1 fully saturated rings. The summed E-state index contributed by atoms with van der Waals surface area (Å²) in [5.41, 5.74) is 0. The Kier molecular flexibility index (Phi) is 2.27. The fourth-order valence-corrected chi connectivity index (χ4v) is 3.58. The van der Waals surface area contributed by atoms with E-state index in [0.29, 0.717) is 11.8 Å². The largest absolute Gasteiger partial charge is 0.393 e. The molecule has 0 aliphatic heterocycles. The molecule has 66 valence electrons. The van der Waals surface area contributed by atoms with Crippen LogP contribution in [0.2, 0.25) is 0 Å². The molecule has 0 spiro atoms. The topological polar surface area (TPSA) is 20.2 Å². The summed E-state index contributed by atoms with van der Waals surface area (Å²) in [6, 6.07) is 2.08. The first-order valence-electron chi connectivity index (χ1n) is 4.11. The van der Waals surface area contributed by atoms with Crippen LogP contribution in [0.1, 0.15) is 24.1 Å². The number of thiophene rings is 1. The number of aliphatic hydroxyl groups excluding tert-OH is 1. The lowest BCUT2D eigenvalue weighted by Gasteiger charge is -2.39. The van der Waals surface area contributed by atoms with Crippen LogP contribution < -0.4 is 0 Å². The first-order valence-corrected chi connectivity index (χ1v) is 5.78. The van der Waals surface area contributed by atoms with Crippen LogP contribution in [-0.2, 0) is 0 Å². The fraction of sp³-hybridized carbons (Fsp3) is 0.556. The summed E-state index contributed by atoms with van der Waals surface area (Å²) in [6.45, 7) is 2.12. The highest BCUT2D eigenvalue weighted by Gasteiger charge is 2.38. The second-order valence-electron chi connectivity index (χ2n) is 3.40. The molecular weight excluding hydrogens is 236 g/mol. The first-order chi connectivity index (χ1) is 5.70. The molecule has 0 amide bonds. The summed E-state index contributed by atoms with van der Waals surface area (Å²) < 4.78 is 1.20. The lowest BCUT2D eigenvalue weighted by molar-refractivity contribution is 0.0127. The summed E-state index contributed by atoms with van der Waals surface area (Å²) in [4.78, 5) is 1.40. The van der Waals surface area contributed by atoms with Crippen molar-refractivity contribution in [2.45, 2.75) is 25.4 Å². The van der Waals surface area contributed by atoms with Crippen molar-refractivity contribution >= 4 is 27.3 Å². The number of aliphatic hydroxyl groups is 1. The molecule has 1 heterocycles. The van der Waals surface area contributed by atoms with Crippen LogP contribution in [-0.4, -0.2) is 11.2 Å². The molecule has 0 saturated heterocycles. The Bertz CT molecular complexity index is 284. The highest BCUT2D eigenvalue weighted by molar-refractivity contribution is 9.10. The van der Waals surface area contributed by atoms with Crippen LogP contribution >= 0.6 is 27.3 Å². The molecule has 1 aliphatic rings. The second kappa shape index (κ2) is 3.13. The van der Waals surface area contributed by atoms with Crippen LogP contribution in [0.25, 0.3) is 0 Å². The third-order valence-corrected chi connectivity index (χ3v) is 4.72. The molecule has 1 aromatic heterocycles. The number of hydrogen-bond donors (Lipinski definition) is 1. The van der Waals surface area contributed by atoms with E-state index in [0.717, 1.165) is 6.42 Å². The summed E-state index contributed by atoms with van der Waals surface area (Å²) in [5.74, 6) is 1.01. The van der Waals surface area contributed by atoms with E-state index in [2.05, 4.69) is 34.3 Å². The maximum Gasteiger partial charge on any atom is 0.0578 e. The van der Waals surface area contributed by atoms with Gasteiger partial charge in [0.25, 0.3) is 0 Å². The SMILES string of the molecule is CC1C(O)CC1c1sccc1Br. The van der Waals surface area contributed by atoms with E-state index in [4.69, 9.17) is 0 Å². The van der Waals surface area contributed by atoms with Gasteiger partial charge in [-0.1, -0.05) is 6.92 Å². The van der Waals surface area contributed by atoms with E-state index in [1.54, 1.807) is 11.3 Å². The highest BCUT2D eigenvalue weighted by Crippen LogP contribution is 2.46. The lowest BCUT2D eigenvalue weighted by atomic mass is 9.71. The molecule has 3 heteroatoms. The molecule has 1 nitrogen and oxygen atoms in total. The van der Waals surface area contributed by atoms with Crippen molar-refractivity contribution in [2.75, 3.05) is 0 Å². The Morgan fingerprint density at radius 1 is 1.67 bits per heavy atom. The zero-order valence-corrected chi connectivity index (χ0v) is 9.23. The molecule has 1 aliphatic carbocycles. The molecule has 0 radical (unpaired) electrons. The van der Waals surface area contributed by atoms with Gasteiger partial charge < -0.3 is 5.11 Å². The van der Waals surface area contributed by atoms with Gasteiger partial charge in [-0.25, -0.2) is 0 Å². The van der Waals surface area contributed by atoms with Crippen LogP contribution in [0.3, 0.4) is 0 Å². The molecule has 1 N–H and O–H groups in total. The van der Waals surface area contributed by atoms with Crippen LogP contribution in [0.15, 0.2) is 15.9 Å². The lowest BCUT2D eigenvalue weighted by Crippen LogP contribution is -2.36. The average molecular weight is 247 g/mol. The normalized spacial score (nSPS) is 34.8. The standard InChI is InChI=1S/C9H11BrOS/c1-5-6(4-8(5)11)9-7(10)2-3-12-9/h2-3,5-6,8,11H,4H2,1H3. The van der Waals surface area contributed by atoms with Crippen molar-refractivity contribution in [3.8, 4) is 0 Å². The van der Waals surface area contributed by atoms with Gasteiger partial charge in [0.05, 0.1) is 6.10 Å². The van der Waals surface area contributed by atoms with Crippen molar-refractivity contribution in [3.05, 3.63) is 20.8 Å². The van der Waals surface area contributed by atoms with Gasteiger partial charge in [-0.05, 0) is 39.7 Å². The van der Waals surface area contributed by atoms with E-state index >= 15 is 0 Å². The molecule has 1 saturated carbocycles. The monoisotopic (exact) mass is 246 g/mol. The van der Waals surface area contributed by atoms with Crippen molar-refractivity contribution < 1.29 is 5.11 Å². The predicted molar refractivity (Wildman–Crippen MR) is 54.5 cm³/mol. The number of halogens is 1. The van der Waals surface area contributed by atoms with E-state index in [1.807, 2.05) is 0 Å². The molecule has 1 aromatic rings. The molecule has 12 heavy (non-hydrogen) atoms. The van der Waals surface area contributed by atoms with Crippen LogP contribution in [0, 0.1) is 5.92 Å². The van der Waals surface area contributed by atoms with Gasteiger partial charge in [-0.2, -0.15) is 0 Å². The van der Waals surface area contributed by atoms with Crippen molar-refractivity contribution in [2.24, 2.45) is 5.92 Å². The van der Waals surface area contributed by atoms with Gasteiger partial charge in [0.1, 0.15) is 0 Å². The number of hydrogen-bond acceptors (Lipinski definition) is 2. The Labute approximate surface area is 84.6 Å². The average Bonchev–Trinajstić information content (AvgIpc) is 2.46. The van der Waals surface area contributed by atoms with E-state index in [1.165, 1.54) is 9.35 Å². The van der Waals surface area contributed by atoms with Gasteiger partial charge in [0, 0.05) is 15.3 Å². The maximum absolute atomic E-state index is 9.37. The van der Waals surface area contributed by atoms with Crippen LogP contribution in [0.5, 0.6) is 0 Å². The van der Waals surface area contributed by atoms with Crippen molar-refractivity contribution in [3.63, 3.8) is 0 Å². The fourth-order valence-electron chi connectivity index (χ4n) is 1.68. The first kappa shape index (κ1) is 8.73. The Morgan fingerprint density at radius 2 is 2.42 bits per heavy atom. The summed E-state index contributed by atoms with van der Waals surface area (Å²) in [7, 11) is 0. The van der Waals surface area contributed by atoms with E-state index in [-0.39, 0.29) is 6.10 Å². The van der Waals surface area contributed by atoms with Gasteiger partial charge in [-0.3, -0.25) is 0 Å². The zero-order valence-electron chi connectivity index (χ0n) is 6.83. The van der Waals surface area contributed by atoms with Crippen molar-refractivity contribution in [1.82, 2.24) is 0 Å². The second-order valence-corrected chi connectivity index (χ2v) is 5.20.